The molecule has 2 heterocycles. The van der Waals surface area contributed by atoms with Crippen LogP contribution in [0.4, 0.5) is 0 Å². The van der Waals surface area contributed by atoms with Gasteiger partial charge < -0.3 is 15.3 Å². The van der Waals surface area contributed by atoms with E-state index in [0.29, 0.717) is 19.4 Å². The minimum Gasteiger partial charge on any atom is -0.392 e. The van der Waals surface area contributed by atoms with E-state index in [-0.39, 0.29) is 12.1 Å². The van der Waals surface area contributed by atoms with E-state index in [1.165, 1.54) is 0 Å². The topological polar surface area (TPSA) is 63.9 Å². The van der Waals surface area contributed by atoms with Crippen LogP contribution >= 0.6 is 0 Å². The van der Waals surface area contributed by atoms with Crippen molar-refractivity contribution in [3.05, 3.63) is 0 Å². The summed E-state index contributed by atoms with van der Waals surface area (Å²) >= 11 is 0. The van der Waals surface area contributed by atoms with Crippen molar-refractivity contribution >= 4 is 0 Å². The second kappa shape index (κ2) is 2.96. The van der Waals surface area contributed by atoms with Crippen molar-refractivity contribution in [2.24, 2.45) is 0 Å². The Labute approximate surface area is 71.4 Å². The zero-order valence-electron chi connectivity index (χ0n) is 6.93. The SMILES string of the molecule is O[C@H]1CC2[C@@H](O)[C@@H](O)CCN2C1. The summed E-state index contributed by atoms with van der Waals surface area (Å²) in [5.41, 5.74) is 0. The fraction of sp³-hybridized carbons (Fsp3) is 1.00. The van der Waals surface area contributed by atoms with Crippen molar-refractivity contribution in [3.63, 3.8) is 0 Å². The molecule has 2 rings (SSSR count). The van der Waals surface area contributed by atoms with Crippen molar-refractivity contribution in [2.45, 2.75) is 37.2 Å². The molecule has 0 aromatic heterocycles. The molecule has 70 valence electrons. The highest BCUT2D eigenvalue weighted by atomic mass is 16.3. The van der Waals surface area contributed by atoms with E-state index < -0.39 is 12.2 Å². The van der Waals surface area contributed by atoms with E-state index >= 15 is 0 Å². The largest absolute Gasteiger partial charge is 0.392 e. The first-order chi connectivity index (χ1) is 5.68. The van der Waals surface area contributed by atoms with E-state index in [2.05, 4.69) is 4.90 Å². The van der Waals surface area contributed by atoms with Gasteiger partial charge >= 0.3 is 0 Å². The van der Waals surface area contributed by atoms with Crippen LogP contribution in [0.2, 0.25) is 0 Å². The maximum absolute atomic E-state index is 9.56. The van der Waals surface area contributed by atoms with E-state index in [1.807, 2.05) is 0 Å². The Hall–Kier alpha value is -0.160. The van der Waals surface area contributed by atoms with E-state index in [4.69, 9.17) is 0 Å². The molecule has 0 radical (unpaired) electrons. The summed E-state index contributed by atoms with van der Waals surface area (Å²) in [6.07, 6.45) is -0.384. The number of aliphatic hydroxyl groups is 3. The average Bonchev–Trinajstić information content (AvgIpc) is 2.39. The van der Waals surface area contributed by atoms with Crippen molar-refractivity contribution in [1.82, 2.24) is 4.90 Å². The van der Waals surface area contributed by atoms with Crippen LogP contribution in [0.5, 0.6) is 0 Å². The lowest BCUT2D eigenvalue weighted by Gasteiger charge is -2.36. The Morgan fingerprint density at radius 1 is 1.17 bits per heavy atom. The Morgan fingerprint density at radius 3 is 2.67 bits per heavy atom. The molecule has 2 fully saturated rings. The molecule has 2 saturated heterocycles. The standard InChI is InChI=1S/C8H15NO3/c10-5-3-6-8(12)7(11)1-2-9(6)4-5/h5-8,10-12H,1-4H2/t5-,6?,7-,8+/m0/s1. The van der Waals surface area contributed by atoms with Crippen LogP contribution in [0.25, 0.3) is 0 Å². The van der Waals surface area contributed by atoms with Crippen LogP contribution < -0.4 is 0 Å². The first kappa shape index (κ1) is 8.44. The third kappa shape index (κ3) is 1.25. The number of aliphatic hydroxyl groups excluding tert-OH is 3. The van der Waals surface area contributed by atoms with E-state index in [9.17, 15) is 15.3 Å². The first-order valence-corrected chi connectivity index (χ1v) is 4.46. The first-order valence-electron chi connectivity index (χ1n) is 4.46. The molecule has 4 atom stereocenters. The van der Waals surface area contributed by atoms with Crippen molar-refractivity contribution in [2.75, 3.05) is 13.1 Å². The second-order valence-corrected chi connectivity index (χ2v) is 3.80. The number of hydrogen-bond donors (Lipinski definition) is 3. The number of fused-ring (bicyclic) bond motifs is 1. The highest BCUT2D eigenvalue weighted by Gasteiger charge is 2.41. The summed E-state index contributed by atoms with van der Waals surface area (Å²) < 4.78 is 0. The van der Waals surface area contributed by atoms with Gasteiger partial charge in [-0.3, -0.25) is 4.90 Å². The fourth-order valence-electron chi connectivity index (χ4n) is 2.25. The summed E-state index contributed by atoms with van der Waals surface area (Å²) in [4.78, 5) is 2.06. The predicted molar refractivity (Wildman–Crippen MR) is 42.6 cm³/mol. The molecule has 3 N–H and O–H groups in total. The van der Waals surface area contributed by atoms with Crippen LogP contribution in [0.1, 0.15) is 12.8 Å². The third-order valence-electron chi connectivity index (χ3n) is 2.93. The smallest absolute Gasteiger partial charge is 0.0955 e. The lowest BCUT2D eigenvalue weighted by Crippen LogP contribution is -2.51. The molecule has 4 heteroatoms. The summed E-state index contributed by atoms with van der Waals surface area (Å²) in [5, 5.41) is 28.2. The molecule has 0 bridgehead atoms. The van der Waals surface area contributed by atoms with Gasteiger partial charge in [0.15, 0.2) is 0 Å². The van der Waals surface area contributed by atoms with Crippen molar-refractivity contribution < 1.29 is 15.3 Å². The van der Waals surface area contributed by atoms with Crippen LogP contribution in [0, 0.1) is 0 Å². The molecule has 0 spiro atoms. The summed E-state index contributed by atoms with van der Waals surface area (Å²) in [6.45, 7) is 1.44. The molecule has 2 aliphatic heterocycles. The molecule has 1 unspecified atom stereocenters. The second-order valence-electron chi connectivity index (χ2n) is 3.80. The third-order valence-corrected chi connectivity index (χ3v) is 2.93. The molecular formula is C8H15NO3. The van der Waals surface area contributed by atoms with Gasteiger partial charge in [0.25, 0.3) is 0 Å². The fourth-order valence-corrected chi connectivity index (χ4v) is 2.25. The van der Waals surface area contributed by atoms with Crippen LogP contribution in [-0.4, -0.2) is 57.7 Å². The molecule has 12 heavy (non-hydrogen) atoms. The summed E-state index contributed by atoms with van der Waals surface area (Å²) in [6, 6.07) is -0.0243. The number of piperidine rings is 1. The zero-order chi connectivity index (χ0) is 8.72. The monoisotopic (exact) mass is 173 g/mol. The molecule has 4 nitrogen and oxygen atoms in total. The average molecular weight is 173 g/mol. The Balaban J connectivity index is 2.06. The number of rotatable bonds is 0. The maximum Gasteiger partial charge on any atom is 0.0955 e. The van der Waals surface area contributed by atoms with Crippen LogP contribution in [0.15, 0.2) is 0 Å². The van der Waals surface area contributed by atoms with Crippen molar-refractivity contribution in [1.29, 1.82) is 0 Å². The summed E-state index contributed by atoms with van der Waals surface area (Å²) in [7, 11) is 0. The van der Waals surface area contributed by atoms with Gasteiger partial charge in [-0.05, 0) is 12.8 Å². The van der Waals surface area contributed by atoms with Gasteiger partial charge in [0, 0.05) is 19.1 Å². The quantitative estimate of drug-likeness (QED) is 0.419. The summed E-state index contributed by atoms with van der Waals surface area (Å²) in [5.74, 6) is 0. The van der Waals surface area contributed by atoms with Gasteiger partial charge in [-0.15, -0.1) is 0 Å². The van der Waals surface area contributed by atoms with Gasteiger partial charge in [-0.1, -0.05) is 0 Å². The predicted octanol–water partition coefficient (Wildman–Crippen LogP) is -1.45. The molecule has 0 aromatic carbocycles. The van der Waals surface area contributed by atoms with E-state index in [1.54, 1.807) is 0 Å². The van der Waals surface area contributed by atoms with Gasteiger partial charge in [0.1, 0.15) is 0 Å². The minimum absolute atomic E-state index is 0.0243. The molecule has 0 aromatic rings. The Bertz CT molecular complexity index is 174. The van der Waals surface area contributed by atoms with Gasteiger partial charge in [0.05, 0.1) is 18.3 Å². The van der Waals surface area contributed by atoms with Crippen LogP contribution in [0.3, 0.4) is 0 Å². The lowest BCUT2D eigenvalue weighted by molar-refractivity contribution is -0.0628. The molecule has 2 aliphatic rings. The van der Waals surface area contributed by atoms with Gasteiger partial charge in [-0.25, -0.2) is 0 Å². The molecule has 0 aliphatic carbocycles. The van der Waals surface area contributed by atoms with Gasteiger partial charge in [-0.2, -0.15) is 0 Å². The maximum atomic E-state index is 9.56. The Morgan fingerprint density at radius 2 is 1.92 bits per heavy atom. The number of hydrogen-bond acceptors (Lipinski definition) is 4. The van der Waals surface area contributed by atoms with E-state index in [0.717, 1.165) is 6.54 Å². The molecule has 0 amide bonds. The molecular weight excluding hydrogens is 158 g/mol. The number of nitrogens with zero attached hydrogens (tertiary/aromatic N) is 1. The Kier molecular flexibility index (Phi) is 2.08. The highest BCUT2D eigenvalue weighted by molar-refractivity contribution is 4.96. The van der Waals surface area contributed by atoms with Crippen molar-refractivity contribution in [3.8, 4) is 0 Å². The molecule has 0 saturated carbocycles. The normalized spacial score (nSPS) is 49.2. The highest BCUT2D eigenvalue weighted by Crippen LogP contribution is 2.27. The van der Waals surface area contributed by atoms with Gasteiger partial charge in [0.2, 0.25) is 0 Å². The zero-order valence-corrected chi connectivity index (χ0v) is 6.93. The minimum atomic E-state index is -0.670. The van der Waals surface area contributed by atoms with Crippen LogP contribution in [-0.2, 0) is 0 Å². The lowest BCUT2D eigenvalue weighted by atomic mass is 9.96.